The highest BCUT2D eigenvalue weighted by Gasteiger charge is 2.69. The van der Waals surface area contributed by atoms with Crippen LogP contribution in [0.4, 0.5) is 0 Å². The van der Waals surface area contributed by atoms with E-state index in [2.05, 4.69) is 33.8 Å². The van der Waals surface area contributed by atoms with Gasteiger partial charge >= 0.3 is 0 Å². The number of rotatable bonds is 11. The van der Waals surface area contributed by atoms with Crippen LogP contribution >= 0.6 is 0 Å². The molecule has 0 radical (unpaired) electrons. The van der Waals surface area contributed by atoms with Crippen LogP contribution in [-0.4, -0.2) is 229 Å². The van der Waals surface area contributed by atoms with E-state index in [9.17, 15) is 61.3 Å². The van der Waals surface area contributed by atoms with Crippen LogP contribution in [0.3, 0.4) is 0 Å². The van der Waals surface area contributed by atoms with Crippen molar-refractivity contribution in [1.29, 1.82) is 0 Å². The van der Waals surface area contributed by atoms with Gasteiger partial charge in [-0.3, -0.25) is 0 Å². The number of hydrogen-bond donors (Lipinski definition) is 12. The third-order valence-electron chi connectivity index (χ3n) is 19.8. The highest BCUT2D eigenvalue weighted by atomic mass is 16.8. The molecule has 1 spiro atoms. The smallest absolute Gasteiger partial charge is 0.187 e. The second-order valence-corrected chi connectivity index (χ2v) is 23.9. The number of ether oxygens (including phenoxy) is 10. The largest absolute Gasteiger partial charge is 0.394 e. The molecular weight excluding hydrogens is 965 g/mol. The lowest BCUT2D eigenvalue weighted by molar-refractivity contribution is -0.397. The minimum atomic E-state index is -2.00. The second kappa shape index (κ2) is 21.2. The summed E-state index contributed by atoms with van der Waals surface area (Å²) in [5.41, 5.74) is 1.25. The van der Waals surface area contributed by atoms with Gasteiger partial charge < -0.3 is 109 Å². The van der Waals surface area contributed by atoms with Gasteiger partial charge in [0, 0.05) is 12.3 Å². The molecule has 12 N–H and O–H groups in total. The maximum Gasteiger partial charge on any atom is 0.187 e. The Morgan fingerprint density at radius 3 is 1.88 bits per heavy atom. The van der Waals surface area contributed by atoms with Crippen molar-refractivity contribution in [2.75, 3.05) is 26.4 Å². The zero-order valence-electron chi connectivity index (χ0n) is 42.4. The van der Waals surface area contributed by atoms with Crippen molar-refractivity contribution in [1.82, 2.24) is 0 Å². The summed E-state index contributed by atoms with van der Waals surface area (Å²) in [6.45, 7) is 9.18. The Morgan fingerprint density at radius 2 is 1.21 bits per heavy atom. The third kappa shape index (κ3) is 9.42. The monoisotopic (exact) mass is 1050 g/mol. The van der Waals surface area contributed by atoms with Gasteiger partial charge in [-0.05, 0) is 98.7 Å². The lowest BCUT2D eigenvalue weighted by Gasteiger charge is -2.59. The highest BCUT2D eigenvalue weighted by Crippen LogP contribution is 2.71. The Morgan fingerprint density at radius 1 is 0.589 bits per heavy atom. The van der Waals surface area contributed by atoms with Crippen molar-refractivity contribution in [2.45, 2.75) is 233 Å². The van der Waals surface area contributed by atoms with E-state index in [0.717, 1.165) is 51.6 Å². The lowest BCUT2D eigenvalue weighted by Crippen LogP contribution is -2.68. The molecule has 0 aromatic carbocycles. The van der Waals surface area contributed by atoms with E-state index >= 15 is 0 Å². The van der Waals surface area contributed by atoms with Crippen LogP contribution in [0.5, 0.6) is 0 Å². The SMILES string of the molecule is C[C@@H]1CC[C@@]2(OC1)O[C@H]1C[C@H]3[C@@H]4CC=C5CC[C@@H](O[C@H]6O[C@H](CO)[C@@H](O[C@@H]7O[C@H](CO)[C@@H](O)[C@H](O[C@H]8O[C@@H](CO)[C@H](O)[C@@H](O)[C@@H]8O)[C@H]7O)[C@H](O)[C@H]6O[C@@H]6O[C@@H](C)[C@@H](O)[C@H](O)[C@H]6O)C[C@]5(C)[C@H]4CC[C@]3(C)[C@H]1[C@@H]2C. The summed E-state index contributed by atoms with van der Waals surface area (Å²) in [5.74, 6) is 1.98. The van der Waals surface area contributed by atoms with Gasteiger partial charge in [0.25, 0.3) is 0 Å². The molecule has 4 aliphatic carbocycles. The first-order chi connectivity index (χ1) is 34.7. The van der Waals surface area contributed by atoms with E-state index in [1.807, 2.05) is 0 Å². The molecule has 22 heteroatoms. The topological polar surface area (TPSA) is 335 Å². The first-order valence-electron chi connectivity index (χ1n) is 26.9. The van der Waals surface area contributed by atoms with Crippen molar-refractivity contribution >= 4 is 0 Å². The zero-order valence-corrected chi connectivity index (χ0v) is 42.4. The molecular formula is C51H82O22. The van der Waals surface area contributed by atoms with Crippen LogP contribution < -0.4 is 0 Å². The summed E-state index contributed by atoms with van der Waals surface area (Å²) in [4.78, 5) is 0. The number of hydrogen-bond acceptors (Lipinski definition) is 22. The summed E-state index contributed by atoms with van der Waals surface area (Å²) >= 11 is 0. The average Bonchev–Trinajstić information content (AvgIpc) is 3.82. The molecule has 418 valence electrons. The Balaban J connectivity index is 0.872. The van der Waals surface area contributed by atoms with Crippen LogP contribution in [-0.2, 0) is 47.4 Å². The van der Waals surface area contributed by atoms with Crippen molar-refractivity contribution in [3.05, 3.63) is 11.6 Å². The minimum absolute atomic E-state index is 0.102. The molecule has 6 saturated heterocycles. The zero-order chi connectivity index (χ0) is 52.2. The average molecular weight is 1050 g/mol. The molecule has 73 heavy (non-hydrogen) atoms. The van der Waals surface area contributed by atoms with Crippen molar-refractivity contribution in [3.8, 4) is 0 Å². The predicted molar refractivity (Wildman–Crippen MR) is 247 cm³/mol. The Kier molecular flexibility index (Phi) is 16.0. The van der Waals surface area contributed by atoms with Gasteiger partial charge in [0.2, 0.25) is 0 Å². The first-order valence-corrected chi connectivity index (χ1v) is 26.9. The van der Waals surface area contributed by atoms with Gasteiger partial charge in [0.1, 0.15) is 91.6 Å². The minimum Gasteiger partial charge on any atom is -0.394 e. The Hall–Kier alpha value is -1.14. The molecule has 0 unspecified atom stereocenters. The van der Waals surface area contributed by atoms with Crippen molar-refractivity contribution in [3.63, 3.8) is 0 Å². The highest BCUT2D eigenvalue weighted by molar-refractivity contribution is 5.26. The molecule has 0 amide bonds. The third-order valence-corrected chi connectivity index (χ3v) is 19.8. The van der Waals surface area contributed by atoms with Crippen LogP contribution in [0.15, 0.2) is 11.6 Å². The molecule has 0 aromatic rings. The van der Waals surface area contributed by atoms with Crippen LogP contribution in [0.1, 0.15) is 92.4 Å². The van der Waals surface area contributed by atoms with E-state index in [4.69, 9.17) is 47.4 Å². The molecule has 6 aliphatic heterocycles. The Labute approximate surface area is 425 Å². The Bertz CT molecular complexity index is 1920. The maximum atomic E-state index is 12.4. The number of aliphatic hydroxyl groups is 12. The molecule has 22 nitrogen and oxygen atoms in total. The molecule has 6 heterocycles. The van der Waals surface area contributed by atoms with E-state index in [0.29, 0.717) is 48.3 Å². The molecule has 10 aliphatic rings. The van der Waals surface area contributed by atoms with E-state index in [1.165, 1.54) is 12.5 Å². The molecule has 31 atom stereocenters. The first kappa shape index (κ1) is 55.2. The van der Waals surface area contributed by atoms with Gasteiger partial charge in [0.05, 0.1) is 44.7 Å². The quantitative estimate of drug-likeness (QED) is 0.1000. The fourth-order valence-corrected chi connectivity index (χ4v) is 15.6. The number of fused-ring (bicyclic) bond motifs is 7. The molecule has 9 fully saturated rings. The van der Waals surface area contributed by atoms with Crippen LogP contribution in [0, 0.1) is 46.3 Å². The summed E-state index contributed by atoms with van der Waals surface area (Å²) in [6.07, 6.45) is -23.2. The summed E-state index contributed by atoms with van der Waals surface area (Å²) in [6, 6.07) is 0. The summed E-state index contributed by atoms with van der Waals surface area (Å²) < 4.78 is 62.1. The fourth-order valence-electron chi connectivity index (χ4n) is 15.6. The van der Waals surface area contributed by atoms with Gasteiger partial charge in [-0.2, -0.15) is 0 Å². The van der Waals surface area contributed by atoms with Crippen molar-refractivity contribution < 1.29 is 109 Å². The summed E-state index contributed by atoms with van der Waals surface area (Å²) in [7, 11) is 0. The summed E-state index contributed by atoms with van der Waals surface area (Å²) in [5, 5.41) is 130. The van der Waals surface area contributed by atoms with Gasteiger partial charge in [-0.25, -0.2) is 0 Å². The predicted octanol–water partition coefficient (Wildman–Crippen LogP) is -1.96. The maximum absolute atomic E-state index is 12.4. The normalized spacial score (nSPS) is 57.1. The van der Waals surface area contributed by atoms with E-state index in [1.54, 1.807) is 0 Å². The standard InChI is InChI=1S/C51H82O22/c1-20-10-13-51(64-19-20)21(2)32-28(73-51)14-27-25-9-7-23-6-8-24(15-50(23,5)26(25)11-12-49(27,32)4)66-48-44(72-45-38(60)36(58)33(55)22(3)65-45)40(62)42(31(18-54)69-48)70-47-41(63)43(35(57)30(17-53)68-47)71-46-39(61)37(59)34(56)29(16-52)67-46/h7,20-22,24-48,52-63H,6,8-19H2,1-5H3/t20-,21+,22+,24-,25-,26+,27+,28+,29+,30-,31-,32+,33-,34+,35-,36+,37-,38-,39+,40+,41-,42-,43+,44-,45+,46-,47+,48+,49+,50+,51-/m1/s1. The molecule has 3 saturated carbocycles. The number of allylic oxidation sites excluding steroid dienone is 2. The van der Waals surface area contributed by atoms with Gasteiger partial charge in [-0.1, -0.05) is 39.3 Å². The van der Waals surface area contributed by atoms with Crippen molar-refractivity contribution in [2.24, 2.45) is 46.3 Å². The molecule has 0 aromatic heterocycles. The van der Waals surface area contributed by atoms with Gasteiger partial charge in [-0.15, -0.1) is 0 Å². The number of aliphatic hydroxyl groups excluding tert-OH is 12. The second-order valence-electron chi connectivity index (χ2n) is 23.9. The fraction of sp³-hybridized carbons (Fsp3) is 0.961. The molecule has 0 bridgehead atoms. The lowest BCUT2D eigenvalue weighted by atomic mass is 9.46. The van der Waals surface area contributed by atoms with Crippen LogP contribution in [0.25, 0.3) is 0 Å². The molecule has 10 rings (SSSR count). The van der Waals surface area contributed by atoms with Crippen LogP contribution in [0.2, 0.25) is 0 Å². The van der Waals surface area contributed by atoms with Gasteiger partial charge in [0.15, 0.2) is 30.9 Å². The van der Waals surface area contributed by atoms with E-state index < -0.39 is 155 Å². The van der Waals surface area contributed by atoms with E-state index in [-0.39, 0.29) is 16.9 Å².